The quantitative estimate of drug-likeness (QED) is 0.723. The van der Waals surface area contributed by atoms with Crippen LogP contribution in [0.3, 0.4) is 0 Å². The lowest BCUT2D eigenvalue weighted by atomic mass is 9.93. The molecular formula is C20H22N4O3. The zero-order valence-electron chi connectivity index (χ0n) is 15.8. The molecule has 0 saturated heterocycles. The van der Waals surface area contributed by atoms with Gasteiger partial charge < -0.3 is 15.0 Å². The number of aryl methyl sites for hydroxylation is 1. The van der Waals surface area contributed by atoms with Crippen LogP contribution < -0.4 is 15.4 Å². The third kappa shape index (κ3) is 4.08. The Morgan fingerprint density at radius 1 is 1.19 bits per heavy atom. The van der Waals surface area contributed by atoms with Crippen LogP contribution in [-0.2, 0) is 5.41 Å². The molecule has 0 aliphatic rings. The van der Waals surface area contributed by atoms with Crippen LogP contribution in [0.4, 0.5) is 16.3 Å². The van der Waals surface area contributed by atoms with Gasteiger partial charge in [-0.05, 0) is 37.3 Å². The van der Waals surface area contributed by atoms with E-state index in [9.17, 15) is 4.79 Å². The van der Waals surface area contributed by atoms with Gasteiger partial charge in [0.05, 0.1) is 5.69 Å². The maximum absolute atomic E-state index is 12.0. The minimum Gasteiger partial charge on any atom is -0.457 e. The van der Waals surface area contributed by atoms with Crippen LogP contribution in [0.5, 0.6) is 11.5 Å². The van der Waals surface area contributed by atoms with Crippen molar-refractivity contribution in [3.8, 4) is 11.5 Å². The summed E-state index contributed by atoms with van der Waals surface area (Å²) < 4.78 is 11.2. The lowest BCUT2D eigenvalue weighted by molar-refractivity contribution is 0.255. The number of anilines is 2. The van der Waals surface area contributed by atoms with Gasteiger partial charge in [-0.1, -0.05) is 25.9 Å². The van der Waals surface area contributed by atoms with E-state index in [1.165, 1.54) is 4.90 Å². The van der Waals surface area contributed by atoms with E-state index in [0.29, 0.717) is 23.0 Å². The summed E-state index contributed by atoms with van der Waals surface area (Å²) >= 11 is 0. The summed E-state index contributed by atoms with van der Waals surface area (Å²) in [5, 5.41) is 3.99. The standard InChI is InChI=1S/C20H22N4O3/c1-13-12-22-10-9-16(13)26-15-7-5-14(6-8-15)24(19(21)25)18-11-17(27-23-18)20(2,3)4/h5-12H,1-4H3,(H2,21,25). The van der Waals surface area contributed by atoms with Gasteiger partial charge in [0.15, 0.2) is 5.82 Å². The molecule has 0 atom stereocenters. The second kappa shape index (κ2) is 7.11. The van der Waals surface area contributed by atoms with Crippen molar-refractivity contribution in [3.63, 3.8) is 0 Å². The Balaban J connectivity index is 1.86. The summed E-state index contributed by atoms with van der Waals surface area (Å²) in [5.74, 6) is 2.35. The van der Waals surface area contributed by atoms with E-state index in [1.54, 1.807) is 48.8 Å². The van der Waals surface area contributed by atoms with Gasteiger partial charge in [0, 0.05) is 29.4 Å². The number of hydrogen-bond donors (Lipinski definition) is 1. The van der Waals surface area contributed by atoms with Crippen molar-refractivity contribution < 1.29 is 14.1 Å². The largest absolute Gasteiger partial charge is 0.457 e. The number of urea groups is 1. The summed E-state index contributed by atoms with van der Waals surface area (Å²) in [6.45, 7) is 7.92. The lowest BCUT2D eigenvalue weighted by Gasteiger charge is -2.18. The fourth-order valence-electron chi connectivity index (χ4n) is 2.46. The molecule has 2 amide bonds. The zero-order chi connectivity index (χ0) is 19.6. The van der Waals surface area contributed by atoms with E-state index in [4.69, 9.17) is 15.0 Å². The predicted molar refractivity (Wildman–Crippen MR) is 102 cm³/mol. The van der Waals surface area contributed by atoms with Crippen molar-refractivity contribution in [2.24, 2.45) is 5.73 Å². The number of ether oxygens (including phenoxy) is 1. The number of benzene rings is 1. The fraction of sp³-hybridized carbons (Fsp3) is 0.250. The van der Waals surface area contributed by atoms with Crippen LogP contribution in [0.15, 0.2) is 53.3 Å². The molecule has 0 bridgehead atoms. The van der Waals surface area contributed by atoms with Crippen LogP contribution in [0.1, 0.15) is 32.1 Å². The highest BCUT2D eigenvalue weighted by Crippen LogP contribution is 2.32. The molecule has 1 aromatic carbocycles. The molecular weight excluding hydrogens is 344 g/mol. The molecule has 7 nitrogen and oxygen atoms in total. The number of amides is 2. The van der Waals surface area contributed by atoms with Crippen molar-refractivity contribution in [2.75, 3.05) is 4.90 Å². The Hall–Kier alpha value is -3.35. The van der Waals surface area contributed by atoms with Gasteiger partial charge in [-0.2, -0.15) is 0 Å². The SMILES string of the molecule is Cc1cnccc1Oc1ccc(N(C(N)=O)c2cc(C(C)(C)C)on2)cc1. The first kappa shape index (κ1) is 18.4. The number of aromatic nitrogens is 2. The van der Waals surface area contributed by atoms with E-state index in [-0.39, 0.29) is 5.41 Å². The Kier molecular flexibility index (Phi) is 4.85. The van der Waals surface area contributed by atoms with Crippen LogP contribution >= 0.6 is 0 Å². The van der Waals surface area contributed by atoms with E-state index in [1.807, 2.05) is 27.7 Å². The maximum Gasteiger partial charge on any atom is 0.325 e. The number of nitrogens with two attached hydrogens (primary N) is 1. The van der Waals surface area contributed by atoms with Crippen LogP contribution in [0.2, 0.25) is 0 Å². The van der Waals surface area contributed by atoms with Crippen molar-refractivity contribution >= 4 is 17.5 Å². The highest BCUT2D eigenvalue weighted by molar-refractivity contribution is 5.97. The highest BCUT2D eigenvalue weighted by atomic mass is 16.5. The average molecular weight is 366 g/mol. The highest BCUT2D eigenvalue weighted by Gasteiger charge is 2.24. The van der Waals surface area contributed by atoms with Crippen molar-refractivity contribution in [1.82, 2.24) is 10.1 Å². The third-order valence-electron chi connectivity index (χ3n) is 3.98. The summed E-state index contributed by atoms with van der Waals surface area (Å²) in [5.41, 5.74) is 6.83. The van der Waals surface area contributed by atoms with Crippen molar-refractivity contribution in [2.45, 2.75) is 33.1 Å². The Bertz CT molecular complexity index is 942. The number of nitrogens with zero attached hydrogens (tertiary/aromatic N) is 3. The van der Waals surface area contributed by atoms with E-state index in [0.717, 1.165) is 11.3 Å². The molecule has 0 saturated carbocycles. The molecule has 3 rings (SSSR count). The van der Waals surface area contributed by atoms with E-state index >= 15 is 0 Å². The van der Waals surface area contributed by atoms with Gasteiger partial charge in [-0.3, -0.25) is 4.98 Å². The second-order valence-corrected chi connectivity index (χ2v) is 7.21. The first-order valence-corrected chi connectivity index (χ1v) is 8.51. The summed E-state index contributed by atoms with van der Waals surface area (Å²) in [4.78, 5) is 17.3. The smallest absolute Gasteiger partial charge is 0.325 e. The molecule has 0 aliphatic carbocycles. The number of hydrogen-bond acceptors (Lipinski definition) is 5. The zero-order valence-corrected chi connectivity index (χ0v) is 15.8. The minimum atomic E-state index is -0.651. The van der Waals surface area contributed by atoms with Crippen LogP contribution in [0, 0.1) is 6.92 Å². The molecule has 140 valence electrons. The van der Waals surface area contributed by atoms with Gasteiger partial charge >= 0.3 is 6.03 Å². The van der Waals surface area contributed by atoms with Crippen molar-refractivity contribution in [3.05, 3.63) is 60.1 Å². The molecule has 0 radical (unpaired) electrons. The Labute approximate surface area is 157 Å². The first-order chi connectivity index (χ1) is 12.8. The van der Waals surface area contributed by atoms with Gasteiger partial charge in [-0.25, -0.2) is 9.69 Å². The topological polar surface area (TPSA) is 94.5 Å². The molecule has 2 N–H and O–H groups in total. The molecule has 2 aromatic heterocycles. The molecule has 27 heavy (non-hydrogen) atoms. The molecule has 3 aromatic rings. The Morgan fingerprint density at radius 3 is 2.44 bits per heavy atom. The molecule has 0 unspecified atom stereocenters. The molecule has 0 aliphatic heterocycles. The number of pyridine rings is 1. The maximum atomic E-state index is 12.0. The number of carbonyl (C=O) groups is 1. The van der Waals surface area contributed by atoms with Crippen LogP contribution in [0.25, 0.3) is 0 Å². The monoisotopic (exact) mass is 366 g/mol. The van der Waals surface area contributed by atoms with Gasteiger partial charge in [0.25, 0.3) is 0 Å². The normalized spacial score (nSPS) is 11.3. The molecule has 7 heteroatoms. The van der Waals surface area contributed by atoms with Gasteiger partial charge in [-0.15, -0.1) is 0 Å². The summed E-state index contributed by atoms with van der Waals surface area (Å²) in [6.07, 6.45) is 3.40. The number of primary amides is 1. The van der Waals surface area contributed by atoms with Crippen LogP contribution in [-0.4, -0.2) is 16.2 Å². The lowest BCUT2D eigenvalue weighted by Crippen LogP contribution is -2.31. The molecule has 2 heterocycles. The summed E-state index contributed by atoms with van der Waals surface area (Å²) in [7, 11) is 0. The average Bonchev–Trinajstić information content (AvgIpc) is 3.08. The van der Waals surface area contributed by atoms with Gasteiger partial charge in [0.1, 0.15) is 17.3 Å². The second-order valence-electron chi connectivity index (χ2n) is 7.21. The third-order valence-corrected chi connectivity index (χ3v) is 3.98. The first-order valence-electron chi connectivity index (χ1n) is 8.51. The fourth-order valence-corrected chi connectivity index (χ4v) is 2.46. The van der Waals surface area contributed by atoms with Crippen molar-refractivity contribution in [1.29, 1.82) is 0 Å². The van der Waals surface area contributed by atoms with Gasteiger partial charge in [0.2, 0.25) is 0 Å². The van der Waals surface area contributed by atoms with E-state index in [2.05, 4.69) is 10.1 Å². The molecule has 0 fully saturated rings. The summed E-state index contributed by atoms with van der Waals surface area (Å²) in [6, 6.07) is 9.86. The Morgan fingerprint density at radius 2 is 1.89 bits per heavy atom. The molecule has 0 spiro atoms. The predicted octanol–water partition coefficient (Wildman–Crippen LogP) is 4.68. The number of rotatable bonds is 4. The van der Waals surface area contributed by atoms with E-state index < -0.39 is 6.03 Å². The minimum absolute atomic E-state index is 0.228. The number of carbonyl (C=O) groups excluding carboxylic acids is 1.